The molecule has 2 heterocycles. The number of para-hydroxylation sites is 1. The van der Waals surface area contributed by atoms with Crippen LogP contribution in [0, 0.1) is 6.92 Å². The van der Waals surface area contributed by atoms with Crippen molar-refractivity contribution in [3.63, 3.8) is 0 Å². The molecule has 1 fully saturated rings. The maximum absolute atomic E-state index is 12.7. The number of urea groups is 1. The Hall–Kier alpha value is -3.29. The van der Waals surface area contributed by atoms with E-state index in [-0.39, 0.29) is 30.9 Å². The molecular weight excluding hydrogens is 346 g/mol. The third-order valence-corrected chi connectivity index (χ3v) is 4.53. The van der Waals surface area contributed by atoms with Crippen LogP contribution in [0.3, 0.4) is 0 Å². The molecule has 27 heavy (non-hydrogen) atoms. The number of carbonyl (C=O) groups is 1. The van der Waals surface area contributed by atoms with Gasteiger partial charge in [-0.05, 0) is 43.5 Å². The van der Waals surface area contributed by atoms with Crippen molar-refractivity contribution >= 4 is 11.7 Å². The highest BCUT2D eigenvalue weighted by molar-refractivity contribution is 5.89. The molecule has 0 saturated heterocycles. The van der Waals surface area contributed by atoms with Crippen LogP contribution in [-0.2, 0) is 6.54 Å². The molecule has 8 nitrogen and oxygen atoms in total. The van der Waals surface area contributed by atoms with Gasteiger partial charge in [-0.3, -0.25) is 4.57 Å². The monoisotopic (exact) mass is 367 g/mol. The van der Waals surface area contributed by atoms with Crippen LogP contribution in [0.4, 0.5) is 10.5 Å². The topological polar surface area (TPSA) is 94.1 Å². The Morgan fingerprint density at radius 2 is 2.07 bits per heavy atom. The number of benzene rings is 1. The fraction of sp³-hybridized carbons (Fsp3) is 0.316. The normalized spacial score (nSPS) is 13.5. The minimum atomic E-state index is -0.315. The third-order valence-electron chi connectivity index (χ3n) is 4.53. The SMILES string of the molecule is Cc1ccccc1NC(=O)NCCn1nc(-c2ccco2)n(C2CC2)c1=O. The molecule has 0 unspecified atom stereocenters. The van der Waals surface area contributed by atoms with Gasteiger partial charge in [0, 0.05) is 18.3 Å². The van der Waals surface area contributed by atoms with E-state index in [1.54, 1.807) is 23.0 Å². The first-order valence-electron chi connectivity index (χ1n) is 8.97. The molecule has 1 aliphatic carbocycles. The highest BCUT2D eigenvalue weighted by Gasteiger charge is 2.31. The standard InChI is InChI=1S/C19H21N5O3/c1-13-5-2-3-6-15(13)21-18(25)20-10-11-23-19(26)24(14-8-9-14)17(22-23)16-7-4-12-27-16/h2-7,12,14H,8-11H2,1H3,(H2,20,21,25). The van der Waals surface area contributed by atoms with Gasteiger partial charge in [0.2, 0.25) is 5.82 Å². The van der Waals surface area contributed by atoms with Crippen LogP contribution in [0.5, 0.6) is 0 Å². The second-order valence-corrected chi connectivity index (χ2v) is 6.60. The van der Waals surface area contributed by atoms with Crippen LogP contribution in [0.2, 0.25) is 0 Å². The lowest BCUT2D eigenvalue weighted by Gasteiger charge is -2.09. The Balaban J connectivity index is 1.41. The maximum atomic E-state index is 12.7. The Morgan fingerprint density at radius 1 is 1.26 bits per heavy atom. The first-order valence-corrected chi connectivity index (χ1v) is 8.97. The van der Waals surface area contributed by atoms with Gasteiger partial charge in [0.05, 0.1) is 12.8 Å². The second kappa shape index (κ2) is 7.14. The molecule has 0 bridgehead atoms. The Kier molecular flexibility index (Phi) is 4.53. The number of rotatable bonds is 6. The van der Waals surface area contributed by atoms with Crippen molar-refractivity contribution in [2.24, 2.45) is 0 Å². The van der Waals surface area contributed by atoms with Crippen molar-refractivity contribution in [3.05, 3.63) is 58.7 Å². The largest absolute Gasteiger partial charge is 0.461 e. The smallest absolute Gasteiger partial charge is 0.346 e. The number of aryl methyl sites for hydroxylation is 1. The number of furan rings is 1. The van der Waals surface area contributed by atoms with Crippen LogP contribution in [0.15, 0.2) is 51.9 Å². The van der Waals surface area contributed by atoms with Gasteiger partial charge in [-0.25, -0.2) is 14.3 Å². The maximum Gasteiger partial charge on any atom is 0.346 e. The molecule has 3 aromatic rings. The van der Waals surface area contributed by atoms with Crippen LogP contribution < -0.4 is 16.3 Å². The van der Waals surface area contributed by atoms with Crippen LogP contribution in [-0.4, -0.2) is 26.9 Å². The lowest BCUT2D eigenvalue weighted by Crippen LogP contribution is -2.34. The first kappa shape index (κ1) is 17.1. The van der Waals surface area contributed by atoms with Crippen LogP contribution in [0.1, 0.15) is 24.4 Å². The fourth-order valence-corrected chi connectivity index (χ4v) is 2.96. The molecule has 0 aliphatic heterocycles. The molecule has 0 atom stereocenters. The lowest BCUT2D eigenvalue weighted by molar-refractivity contribution is 0.251. The highest BCUT2D eigenvalue weighted by Crippen LogP contribution is 2.36. The van der Waals surface area contributed by atoms with E-state index in [0.717, 1.165) is 24.1 Å². The zero-order chi connectivity index (χ0) is 18.8. The van der Waals surface area contributed by atoms with E-state index in [1.165, 1.54) is 4.68 Å². The number of aromatic nitrogens is 3. The van der Waals surface area contributed by atoms with Gasteiger partial charge in [0.1, 0.15) is 0 Å². The summed E-state index contributed by atoms with van der Waals surface area (Å²) in [6.07, 6.45) is 3.50. The molecule has 2 amide bonds. The Morgan fingerprint density at radius 3 is 2.78 bits per heavy atom. The van der Waals surface area contributed by atoms with E-state index >= 15 is 0 Å². The van der Waals surface area contributed by atoms with Crippen molar-refractivity contribution in [3.8, 4) is 11.6 Å². The van der Waals surface area contributed by atoms with Gasteiger partial charge in [-0.15, -0.1) is 5.10 Å². The summed E-state index contributed by atoms with van der Waals surface area (Å²) in [5.41, 5.74) is 1.56. The molecule has 0 radical (unpaired) electrons. The summed E-state index contributed by atoms with van der Waals surface area (Å²) in [6, 6.07) is 11.0. The van der Waals surface area contributed by atoms with Gasteiger partial charge in [0.15, 0.2) is 5.76 Å². The van der Waals surface area contributed by atoms with E-state index in [1.807, 2.05) is 31.2 Å². The van der Waals surface area contributed by atoms with Crippen molar-refractivity contribution < 1.29 is 9.21 Å². The van der Waals surface area contributed by atoms with Crippen molar-refractivity contribution in [1.82, 2.24) is 19.7 Å². The summed E-state index contributed by atoms with van der Waals surface area (Å²) >= 11 is 0. The van der Waals surface area contributed by atoms with Gasteiger partial charge >= 0.3 is 11.7 Å². The summed E-state index contributed by atoms with van der Waals surface area (Å²) in [5, 5.41) is 9.97. The molecule has 140 valence electrons. The zero-order valence-corrected chi connectivity index (χ0v) is 15.0. The predicted molar refractivity (Wildman–Crippen MR) is 101 cm³/mol. The predicted octanol–water partition coefficient (Wildman–Crippen LogP) is 2.77. The summed E-state index contributed by atoms with van der Waals surface area (Å²) in [5.74, 6) is 1.11. The van der Waals surface area contributed by atoms with E-state index in [9.17, 15) is 9.59 Å². The molecule has 2 N–H and O–H groups in total. The third kappa shape index (κ3) is 3.64. The minimum absolute atomic E-state index is 0.176. The van der Waals surface area contributed by atoms with Gasteiger partial charge in [-0.1, -0.05) is 18.2 Å². The summed E-state index contributed by atoms with van der Waals surface area (Å²) in [6.45, 7) is 2.50. The second-order valence-electron chi connectivity index (χ2n) is 6.60. The van der Waals surface area contributed by atoms with E-state index in [4.69, 9.17) is 4.42 Å². The number of hydrogen-bond acceptors (Lipinski definition) is 4. The summed E-state index contributed by atoms with van der Waals surface area (Å²) in [4.78, 5) is 24.7. The average molecular weight is 367 g/mol. The van der Waals surface area contributed by atoms with E-state index in [2.05, 4.69) is 15.7 Å². The van der Waals surface area contributed by atoms with Gasteiger partial charge in [0.25, 0.3) is 0 Å². The Bertz CT molecular complexity index is 999. The van der Waals surface area contributed by atoms with Crippen molar-refractivity contribution in [1.29, 1.82) is 0 Å². The molecule has 8 heteroatoms. The summed E-state index contributed by atoms with van der Waals surface area (Å²) in [7, 11) is 0. The van der Waals surface area contributed by atoms with Crippen molar-refractivity contribution in [2.45, 2.75) is 32.4 Å². The number of carbonyl (C=O) groups excluding carboxylic acids is 1. The highest BCUT2D eigenvalue weighted by atomic mass is 16.3. The van der Waals surface area contributed by atoms with Crippen LogP contribution >= 0.6 is 0 Å². The number of hydrogen-bond donors (Lipinski definition) is 2. The first-order chi connectivity index (χ1) is 13.1. The Labute approximate surface area is 155 Å². The lowest BCUT2D eigenvalue weighted by atomic mass is 10.2. The molecule has 4 rings (SSSR count). The van der Waals surface area contributed by atoms with Gasteiger partial charge < -0.3 is 15.1 Å². The fourth-order valence-electron chi connectivity index (χ4n) is 2.96. The molecule has 1 saturated carbocycles. The minimum Gasteiger partial charge on any atom is -0.461 e. The number of anilines is 1. The molecule has 1 aromatic carbocycles. The molecule has 1 aliphatic rings. The molecule has 2 aromatic heterocycles. The summed E-state index contributed by atoms with van der Waals surface area (Å²) < 4.78 is 8.48. The molecule has 0 spiro atoms. The number of amides is 2. The zero-order valence-electron chi connectivity index (χ0n) is 15.0. The molecular formula is C19H21N5O3. The van der Waals surface area contributed by atoms with E-state index < -0.39 is 0 Å². The number of nitrogens with zero attached hydrogens (tertiary/aromatic N) is 3. The number of nitrogens with one attached hydrogen (secondary N) is 2. The van der Waals surface area contributed by atoms with Crippen molar-refractivity contribution in [2.75, 3.05) is 11.9 Å². The van der Waals surface area contributed by atoms with Gasteiger partial charge in [-0.2, -0.15) is 0 Å². The van der Waals surface area contributed by atoms with E-state index in [0.29, 0.717) is 11.6 Å². The average Bonchev–Trinajstić information content (AvgIpc) is 3.23. The quantitative estimate of drug-likeness (QED) is 0.700. The van der Waals surface area contributed by atoms with Crippen LogP contribution in [0.25, 0.3) is 11.6 Å².